The van der Waals surface area contributed by atoms with Gasteiger partial charge in [0, 0.05) is 53.7 Å². The maximum absolute atomic E-state index is 15.5. The Morgan fingerprint density at radius 3 is 2.38 bits per heavy atom. The number of allylic oxidation sites excluding steroid dienone is 3. The fraction of sp³-hybridized carbons (Fsp3) is 0.369. The van der Waals surface area contributed by atoms with Gasteiger partial charge in [0.25, 0.3) is 0 Å². The minimum Gasteiger partial charge on any atom is -0.482 e. The molecule has 5 aromatic carbocycles. The summed E-state index contributed by atoms with van der Waals surface area (Å²) in [6.07, 6.45) is 6.47. The highest BCUT2D eigenvalue weighted by molar-refractivity contribution is 5.90. The first-order valence-corrected chi connectivity index (χ1v) is 26.8. The van der Waals surface area contributed by atoms with Crippen LogP contribution in [-0.2, 0) is 56.1 Å². The van der Waals surface area contributed by atoms with E-state index < -0.39 is 54.7 Å². The third kappa shape index (κ3) is 11.1. The van der Waals surface area contributed by atoms with Crippen molar-refractivity contribution in [2.75, 3.05) is 20.0 Å². The van der Waals surface area contributed by atoms with Crippen molar-refractivity contribution < 1.29 is 48.3 Å². The highest BCUT2D eigenvalue weighted by Gasteiger charge is 2.55. The number of benzene rings is 5. The van der Waals surface area contributed by atoms with Crippen LogP contribution in [0, 0.1) is 17.8 Å². The summed E-state index contributed by atoms with van der Waals surface area (Å²) < 4.78 is 32.8. The summed E-state index contributed by atoms with van der Waals surface area (Å²) in [5, 5.41) is 31.1. The molecule has 0 saturated heterocycles. The molecular weight excluding hydrogens is 957 g/mol. The Hall–Kier alpha value is -7.07. The zero-order valence-electron chi connectivity index (χ0n) is 43.3. The molecule has 0 unspecified atom stereocenters. The number of carbonyl (C=O) groups excluding carboxylic acids is 2. The zero-order valence-corrected chi connectivity index (χ0v) is 43.3. The first-order valence-electron chi connectivity index (χ1n) is 26.8. The van der Waals surface area contributed by atoms with Gasteiger partial charge in [-0.05, 0) is 128 Å². The van der Waals surface area contributed by atoms with Crippen molar-refractivity contribution in [2.24, 2.45) is 5.92 Å². The fourth-order valence-electron chi connectivity index (χ4n) is 12.2. The van der Waals surface area contributed by atoms with Gasteiger partial charge in [-0.25, -0.2) is 9.59 Å². The van der Waals surface area contributed by atoms with Crippen molar-refractivity contribution in [3.63, 3.8) is 0 Å². The first-order chi connectivity index (χ1) is 37.1. The molecule has 3 N–H and O–H groups in total. The quantitative estimate of drug-likeness (QED) is 0.0238. The van der Waals surface area contributed by atoms with E-state index in [0.717, 1.165) is 39.8 Å². The Labute approximate surface area is 444 Å². The van der Waals surface area contributed by atoms with Crippen molar-refractivity contribution in [2.45, 2.75) is 127 Å². The van der Waals surface area contributed by atoms with Crippen LogP contribution in [-0.4, -0.2) is 59.0 Å². The number of esters is 2. The highest BCUT2D eigenvalue weighted by Crippen LogP contribution is 2.52. The molecule has 1 aromatic heterocycles. The van der Waals surface area contributed by atoms with Crippen molar-refractivity contribution in [1.82, 2.24) is 0 Å². The van der Waals surface area contributed by atoms with Crippen LogP contribution < -0.4 is 10.4 Å². The average Bonchev–Trinajstić information content (AvgIpc) is 3.48. The number of aryl methyl sites for hydroxylation is 2. The summed E-state index contributed by atoms with van der Waals surface area (Å²) in [6.45, 7) is 2.13. The second-order valence-electron chi connectivity index (χ2n) is 21.1. The van der Waals surface area contributed by atoms with Gasteiger partial charge in [-0.2, -0.15) is 0 Å². The molecule has 11 nitrogen and oxygen atoms in total. The van der Waals surface area contributed by atoms with Gasteiger partial charge < -0.3 is 38.7 Å². The van der Waals surface area contributed by atoms with E-state index in [1.54, 1.807) is 12.1 Å². The second-order valence-corrected chi connectivity index (χ2v) is 21.1. The van der Waals surface area contributed by atoms with E-state index >= 15 is 9.59 Å². The predicted molar refractivity (Wildman–Crippen MR) is 290 cm³/mol. The molecule has 0 radical (unpaired) electrons. The molecule has 1 aliphatic carbocycles. The van der Waals surface area contributed by atoms with E-state index in [4.69, 9.17) is 23.4 Å². The minimum absolute atomic E-state index is 0.00000752. The van der Waals surface area contributed by atoms with Crippen molar-refractivity contribution in [1.29, 1.82) is 0 Å². The van der Waals surface area contributed by atoms with Crippen LogP contribution in [0.1, 0.15) is 138 Å². The van der Waals surface area contributed by atoms with Crippen molar-refractivity contribution in [3.8, 4) is 17.6 Å². The number of ether oxygens (including phenoxy) is 4. The maximum atomic E-state index is 15.5. The lowest BCUT2D eigenvalue weighted by Gasteiger charge is -2.47. The minimum atomic E-state index is -1.38. The Morgan fingerprint density at radius 2 is 1.62 bits per heavy atom. The number of carbonyl (C=O) groups is 2. The average molecular weight is 1020 g/mol. The molecular formula is C65H66O11. The molecule has 3 aliphatic heterocycles. The number of aliphatic hydroxyl groups excluding tert-OH is 3. The van der Waals surface area contributed by atoms with Crippen LogP contribution in [0.25, 0.3) is 11.0 Å². The van der Waals surface area contributed by atoms with Crippen LogP contribution in [0.5, 0.6) is 5.75 Å². The molecule has 10 rings (SSSR count). The second kappa shape index (κ2) is 23.4. The van der Waals surface area contributed by atoms with Gasteiger partial charge in [-0.15, -0.1) is 0 Å². The van der Waals surface area contributed by atoms with Crippen LogP contribution in [0.4, 0.5) is 0 Å². The van der Waals surface area contributed by atoms with Gasteiger partial charge in [0.15, 0.2) is 17.8 Å². The Morgan fingerprint density at radius 1 is 0.829 bits per heavy atom. The van der Waals surface area contributed by atoms with E-state index in [2.05, 4.69) is 103 Å². The Bertz CT molecular complexity index is 3270. The van der Waals surface area contributed by atoms with Crippen LogP contribution in [0.3, 0.4) is 0 Å². The fourth-order valence-corrected chi connectivity index (χ4v) is 12.2. The summed E-state index contributed by atoms with van der Waals surface area (Å²) in [5.74, 6) is 5.04. The van der Waals surface area contributed by atoms with Gasteiger partial charge in [0.1, 0.15) is 18.1 Å². The molecule has 4 heterocycles. The van der Waals surface area contributed by atoms with E-state index in [1.807, 2.05) is 38.1 Å². The Balaban J connectivity index is 1.15. The van der Waals surface area contributed by atoms with Gasteiger partial charge in [0.2, 0.25) is 0 Å². The van der Waals surface area contributed by atoms with Gasteiger partial charge in [-0.3, -0.25) is 4.79 Å². The van der Waals surface area contributed by atoms with E-state index in [9.17, 15) is 20.1 Å². The molecule has 4 aliphatic rings. The van der Waals surface area contributed by atoms with Crippen LogP contribution in [0.15, 0.2) is 148 Å². The summed E-state index contributed by atoms with van der Waals surface area (Å²) in [6, 6.07) is 39.2. The number of hydrogen-bond donors (Lipinski definition) is 3. The number of fused-ring (bicyclic) bond motifs is 9. The summed E-state index contributed by atoms with van der Waals surface area (Å²) in [5.41, 5.74) is 7.50. The third-order valence-corrected chi connectivity index (χ3v) is 16.0. The first kappa shape index (κ1) is 52.4. The van der Waals surface area contributed by atoms with Gasteiger partial charge in [0.05, 0.1) is 25.2 Å². The van der Waals surface area contributed by atoms with Gasteiger partial charge in [-0.1, -0.05) is 133 Å². The molecule has 0 saturated carbocycles. The standard InChI is InChI=1S/C65H66O11/c1-41(2)51-24-21-44-22-25-52-48(34-44)19-9-10-30-65(31-12-18-42-13-5-3-6-14-42)62(75-63(51)70)61(59-56(76-65)28-27-54-55(38-67)58(64(71)74-60(54)59)49(29-32-66)39-72-40-68)73-57(69)37-50-36-47(23-26-53(50)52)46-20-11-17-45(35-46)33-43-15-7-4-8-16-43/h3-8,11,13-17,20,22-23,25-28,34-35,47,49-50,53,61-62,66-68H,12,18-19,21,24,29-33,36-40H2,1-2H3/t47-,49-,50+,53-,61-,62+,65+/m1/s1. The monoisotopic (exact) mass is 1020 g/mol. The van der Waals surface area contributed by atoms with Crippen LogP contribution in [0.2, 0.25) is 0 Å². The van der Waals surface area contributed by atoms with Crippen molar-refractivity contribution in [3.05, 3.63) is 205 Å². The van der Waals surface area contributed by atoms with E-state index in [0.29, 0.717) is 55.9 Å². The number of aliphatic hydroxyl groups is 3. The predicted octanol–water partition coefficient (Wildman–Crippen LogP) is 10.7. The number of hydrogen-bond acceptors (Lipinski definition) is 11. The lowest BCUT2D eigenvalue weighted by atomic mass is 9.71. The summed E-state index contributed by atoms with van der Waals surface area (Å²) in [4.78, 5) is 45.1. The summed E-state index contributed by atoms with van der Waals surface area (Å²) in [7, 11) is 0. The lowest BCUT2D eigenvalue weighted by Crippen LogP contribution is -2.56. The van der Waals surface area contributed by atoms with E-state index in [1.165, 1.54) is 11.1 Å². The van der Waals surface area contributed by atoms with E-state index in [-0.39, 0.29) is 78.3 Å². The van der Waals surface area contributed by atoms with Gasteiger partial charge >= 0.3 is 17.6 Å². The molecule has 6 aromatic rings. The third-order valence-electron chi connectivity index (χ3n) is 16.0. The summed E-state index contributed by atoms with van der Waals surface area (Å²) >= 11 is 0. The molecule has 0 fully saturated rings. The Kier molecular flexibility index (Phi) is 16.2. The topological polar surface area (TPSA) is 162 Å². The molecule has 392 valence electrons. The maximum Gasteiger partial charge on any atom is 0.340 e. The molecule has 76 heavy (non-hydrogen) atoms. The highest BCUT2D eigenvalue weighted by atomic mass is 16.6. The smallest absolute Gasteiger partial charge is 0.340 e. The normalized spacial score (nSPS) is 22.4. The van der Waals surface area contributed by atoms with Crippen LogP contribution >= 0.6 is 0 Å². The molecule has 5 bridgehead atoms. The zero-order chi connectivity index (χ0) is 52.8. The number of rotatable bonds is 14. The largest absolute Gasteiger partial charge is 0.482 e. The van der Waals surface area contributed by atoms with Crippen molar-refractivity contribution >= 4 is 22.9 Å². The SMILES string of the molecule is CC(C)=C1CCc2ccc3c(c2)CC#CC[C@@]2(CCCc4ccccc4)Oc4ccc5c(CO)c([C@H](CCO)COCO)c(=O)oc5c4[C@@H](OC(=O)C[C@@H]4C[C@H](c5cccc(Cc6ccccc6)c5)C=C[C@@H]34)[C@@H]2OC1=O. The molecule has 0 amide bonds. The molecule has 11 heteroatoms. The molecule has 7 atom stereocenters. The lowest BCUT2D eigenvalue weighted by molar-refractivity contribution is -0.194. The molecule has 0 spiro atoms.